The molecular formula is C14H19N5. The van der Waals surface area contributed by atoms with Crippen molar-refractivity contribution in [3.05, 3.63) is 42.4 Å². The lowest BCUT2D eigenvalue weighted by atomic mass is 10.1. The Morgan fingerprint density at radius 1 is 1.05 bits per heavy atom. The highest BCUT2D eigenvalue weighted by Crippen LogP contribution is 2.12. The van der Waals surface area contributed by atoms with Crippen molar-refractivity contribution in [3.8, 4) is 0 Å². The monoisotopic (exact) mass is 257 g/mol. The number of nitrogens with zero attached hydrogens (tertiary/aromatic N) is 3. The first-order valence-corrected chi connectivity index (χ1v) is 6.28. The van der Waals surface area contributed by atoms with Crippen molar-refractivity contribution in [1.82, 2.24) is 15.0 Å². The fourth-order valence-electron chi connectivity index (χ4n) is 1.54. The van der Waals surface area contributed by atoms with Crippen LogP contribution in [0.15, 0.2) is 36.7 Å². The lowest BCUT2D eigenvalue weighted by molar-refractivity contribution is 0.626. The van der Waals surface area contributed by atoms with Crippen LogP contribution in [0.1, 0.15) is 26.5 Å². The average molecular weight is 257 g/mol. The minimum Gasteiger partial charge on any atom is -0.364 e. The van der Waals surface area contributed by atoms with E-state index in [-0.39, 0.29) is 5.54 Å². The molecule has 2 rings (SSSR count). The number of anilines is 2. The Morgan fingerprint density at radius 2 is 1.89 bits per heavy atom. The van der Waals surface area contributed by atoms with E-state index in [2.05, 4.69) is 46.4 Å². The van der Waals surface area contributed by atoms with Gasteiger partial charge in [0, 0.05) is 17.9 Å². The number of nitrogens with one attached hydrogen (secondary N) is 2. The molecule has 0 aliphatic rings. The Kier molecular flexibility index (Phi) is 3.94. The molecule has 5 nitrogen and oxygen atoms in total. The normalized spacial score (nSPS) is 11.1. The average Bonchev–Trinajstić information content (AvgIpc) is 2.36. The zero-order valence-electron chi connectivity index (χ0n) is 11.5. The molecular weight excluding hydrogens is 238 g/mol. The summed E-state index contributed by atoms with van der Waals surface area (Å²) in [6.07, 6.45) is 3.52. The summed E-state index contributed by atoms with van der Waals surface area (Å²) < 4.78 is 0. The first-order chi connectivity index (χ1) is 9.03. The lowest BCUT2D eigenvalue weighted by Crippen LogP contribution is -2.27. The molecule has 0 aliphatic heterocycles. The van der Waals surface area contributed by atoms with E-state index in [1.807, 2.05) is 24.3 Å². The fourth-order valence-corrected chi connectivity index (χ4v) is 1.54. The third-order valence-electron chi connectivity index (χ3n) is 2.32. The molecule has 0 spiro atoms. The molecule has 2 N–H and O–H groups in total. The summed E-state index contributed by atoms with van der Waals surface area (Å²) in [6, 6.07) is 7.69. The molecule has 2 heterocycles. The third kappa shape index (κ3) is 4.54. The molecule has 0 saturated carbocycles. The molecule has 100 valence electrons. The molecule has 0 fully saturated rings. The molecule has 2 aromatic heterocycles. The highest BCUT2D eigenvalue weighted by atomic mass is 15.2. The summed E-state index contributed by atoms with van der Waals surface area (Å²) in [7, 11) is 0. The van der Waals surface area contributed by atoms with Gasteiger partial charge in [-0.15, -0.1) is 0 Å². The van der Waals surface area contributed by atoms with E-state index in [0.717, 1.165) is 11.5 Å². The van der Waals surface area contributed by atoms with Gasteiger partial charge < -0.3 is 10.6 Å². The van der Waals surface area contributed by atoms with Crippen molar-refractivity contribution in [2.45, 2.75) is 32.9 Å². The van der Waals surface area contributed by atoms with Crippen LogP contribution in [0.5, 0.6) is 0 Å². The Bertz CT molecular complexity index is 519. The van der Waals surface area contributed by atoms with Crippen molar-refractivity contribution in [2.75, 3.05) is 10.6 Å². The smallest absolute Gasteiger partial charge is 0.224 e. The summed E-state index contributed by atoms with van der Waals surface area (Å²) in [5, 5.41) is 6.48. The van der Waals surface area contributed by atoms with Gasteiger partial charge in [0.05, 0.1) is 12.2 Å². The van der Waals surface area contributed by atoms with E-state index in [1.54, 1.807) is 12.4 Å². The topological polar surface area (TPSA) is 62.7 Å². The van der Waals surface area contributed by atoms with Crippen molar-refractivity contribution in [1.29, 1.82) is 0 Å². The van der Waals surface area contributed by atoms with Crippen molar-refractivity contribution >= 4 is 11.8 Å². The molecule has 2 aromatic rings. The second kappa shape index (κ2) is 5.65. The van der Waals surface area contributed by atoms with Gasteiger partial charge in [-0.2, -0.15) is 4.98 Å². The van der Waals surface area contributed by atoms with Crippen LogP contribution in [-0.2, 0) is 6.54 Å². The standard InChI is InChI=1S/C14H19N5/c1-14(2,3)19-13-16-9-7-12(18-13)17-10-11-6-4-5-8-15-11/h4-9H,10H2,1-3H3,(H2,16,17,18,19). The maximum absolute atomic E-state index is 4.41. The van der Waals surface area contributed by atoms with E-state index in [1.165, 1.54) is 0 Å². The first kappa shape index (κ1) is 13.3. The Labute approximate surface area is 113 Å². The van der Waals surface area contributed by atoms with E-state index in [9.17, 15) is 0 Å². The summed E-state index contributed by atoms with van der Waals surface area (Å²) in [5.74, 6) is 1.41. The minimum atomic E-state index is -0.0559. The second-order valence-electron chi connectivity index (χ2n) is 5.32. The van der Waals surface area contributed by atoms with Crippen LogP contribution in [0.2, 0.25) is 0 Å². The molecule has 0 saturated heterocycles. The van der Waals surface area contributed by atoms with E-state index >= 15 is 0 Å². The predicted octanol–water partition coefficient (Wildman–Crippen LogP) is 2.69. The quantitative estimate of drug-likeness (QED) is 0.881. The summed E-state index contributed by atoms with van der Waals surface area (Å²) in [4.78, 5) is 12.9. The van der Waals surface area contributed by atoms with Gasteiger partial charge in [-0.05, 0) is 39.0 Å². The maximum Gasteiger partial charge on any atom is 0.224 e. The maximum atomic E-state index is 4.41. The fraction of sp³-hybridized carbons (Fsp3) is 0.357. The van der Waals surface area contributed by atoms with Crippen molar-refractivity contribution in [2.24, 2.45) is 0 Å². The van der Waals surface area contributed by atoms with Crippen LogP contribution in [0.4, 0.5) is 11.8 Å². The second-order valence-corrected chi connectivity index (χ2v) is 5.32. The summed E-state index contributed by atoms with van der Waals surface area (Å²) in [6.45, 7) is 6.87. The molecule has 19 heavy (non-hydrogen) atoms. The van der Waals surface area contributed by atoms with Gasteiger partial charge >= 0.3 is 0 Å². The van der Waals surface area contributed by atoms with Gasteiger partial charge in [0.2, 0.25) is 5.95 Å². The largest absolute Gasteiger partial charge is 0.364 e. The molecule has 0 unspecified atom stereocenters. The highest BCUT2D eigenvalue weighted by Gasteiger charge is 2.11. The van der Waals surface area contributed by atoms with Gasteiger partial charge in [-0.3, -0.25) is 4.98 Å². The van der Waals surface area contributed by atoms with Crippen molar-refractivity contribution in [3.63, 3.8) is 0 Å². The van der Waals surface area contributed by atoms with E-state index in [4.69, 9.17) is 0 Å². The molecule has 0 radical (unpaired) electrons. The molecule has 0 atom stereocenters. The van der Waals surface area contributed by atoms with Gasteiger partial charge in [0.1, 0.15) is 5.82 Å². The molecule has 0 aliphatic carbocycles. The van der Waals surface area contributed by atoms with Gasteiger partial charge in [0.25, 0.3) is 0 Å². The molecule has 0 amide bonds. The van der Waals surface area contributed by atoms with E-state index < -0.39 is 0 Å². The molecule has 5 heteroatoms. The van der Waals surface area contributed by atoms with Crippen LogP contribution in [0, 0.1) is 0 Å². The number of rotatable bonds is 4. The number of hydrogen-bond donors (Lipinski definition) is 2. The lowest BCUT2D eigenvalue weighted by Gasteiger charge is -2.20. The Balaban J connectivity index is 1.99. The first-order valence-electron chi connectivity index (χ1n) is 6.28. The number of aromatic nitrogens is 3. The molecule has 0 bridgehead atoms. The van der Waals surface area contributed by atoms with E-state index in [0.29, 0.717) is 12.5 Å². The zero-order valence-corrected chi connectivity index (χ0v) is 11.5. The summed E-state index contributed by atoms with van der Waals surface area (Å²) in [5.41, 5.74) is 0.922. The van der Waals surface area contributed by atoms with Gasteiger partial charge in [-0.1, -0.05) is 6.07 Å². The molecule has 0 aromatic carbocycles. The van der Waals surface area contributed by atoms with Gasteiger partial charge in [-0.25, -0.2) is 4.98 Å². The Hall–Kier alpha value is -2.17. The summed E-state index contributed by atoms with van der Waals surface area (Å²) >= 11 is 0. The van der Waals surface area contributed by atoms with Gasteiger partial charge in [0.15, 0.2) is 0 Å². The van der Waals surface area contributed by atoms with Crippen LogP contribution < -0.4 is 10.6 Å². The van der Waals surface area contributed by atoms with Crippen LogP contribution in [-0.4, -0.2) is 20.5 Å². The zero-order chi connectivity index (χ0) is 13.7. The minimum absolute atomic E-state index is 0.0559. The van der Waals surface area contributed by atoms with Crippen LogP contribution >= 0.6 is 0 Å². The highest BCUT2D eigenvalue weighted by molar-refractivity contribution is 5.40. The van der Waals surface area contributed by atoms with Crippen LogP contribution in [0.25, 0.3) is 0 Å². The van der Waals surface area contributed by atoms with Crippen molar-refractivity contribution < 1.29 is 0 Å². The number of hydrogen-bond acceptors (Lipinski definition) is 5. The number of pyridine rings is 1. The third-order valence-corrected chi connectivity index (χ3v) is 2.32. The SMILES string of the molecule is CC(C)(C)Nc1nccc(NCc2ccccn2)n1. The predicted molar refractivity (Wildman–Crippen MR) is 77.0 cm³/mol. The Morgan fingerprint density at radius 3 is 2.58 bits per heavy atom. The van der Waals surface area contributed by atoms with Crippen LogP contribution in [0.3, 0.4) is 0 Å².